The molecular weight excluding hydrogens is 323 g/mol. The Morgan fingerprint density at radius 2 is 2.09 bits per heavy atom. The topological polar surface area (TPSA) is 64.4 Å². The second-order valence-corrected chi connectivity index (χ2v) is 6.19. The van der Waals surface area contributed by atoms with Crippen molar-refractivity contribution in [3.05, 3.63) is 29.3 Å². The molecule has 0 saturated heterocycles. The van der Waals surface area contributed by atoms with Gasteiger partial charge in [-0.25, -0.2) is 0 Å². The van der Waals surface area contributed by atoms with Gasteiger partial charge >= 0.3 is 0 Å². The largest absolute Gasteiger partial charge is 0.489 e. The first-order valence-corrected chi connectivity index (χ1v) is 7.88. The zero-order chi connectivity index (χ0) is 15.2. The van der Waals surface area contributed by atoms with E-state index in [4.69, 9.17) is 22.1 Å². The van der Waals surface area contributed by atoms with Crippen LogP contribution in [0.15, 0.2) is 24.3 Å². The lowest BCUT2D eigenvalue weighted by atomic mass is 9.85. The Hall–Kier alpha value is -0.970. The maximum Gasteiger partial charge on any atom is 0.223 e. The average molecular weight is 347 g/mol. The van der Waals surface area contributed by atoms with Gasteiger partial charge in [-0.3, -0.25) is 4.79 Å². The predicted octanol–water partition coefficient (Wildman–Crippen LogP) is 3.16. The fourth-order valence-corrected chi connectivity index (χ4v) is 2.77. The van der Waals surface area contributed by atoms with Crippen molar-refractivity contribution in [3.8, 4) is 5.75 Å². The van der Waals surface area contributed by atoms with E-state index < -0.39 is 0 Å². The van der Waals surface area contributed by atoms with E-state index in [1.54, 1.807) is 12.1 Å². The number of benzene rings is 1. The molecule has 0 spiro atoms. The molecule has 22 heavy (non-hydrogen) atoms. The SMILES string of the molecule is CC(CNC(=O)C1CCCC(N)C1)Oc1ccc(Cl)cc1.Cl. The van der Waals surface area contributed by atoms with E-state index in [0.717, 1.165) is 31.4 Å². The minimum absolute atomic E-state index is 0. The van der Waals surface area contributed by atoms with Crippen molar-refractivity contribution < 1.29 is 9.53 Å². The molecule has 0 heterocycles. The highest BCUT2D eigenvalue weighted by atomic mass is 35.5. The molecule has 1 aromatic rings. The first-order chi connectivity index (χ1) is 10.0. The van der Waals surface area contributed by atoms with Crippen molar-refractivity contribution in [1.29, 1.82) is 0 Å². The van der Waals surface area contributed by atoms with Crippen LogP contribution in [0.25, 0.3) is 0 Å². The van der Waals surface area contributed by atoms with E-state index in [1.807, 2.05) is 19.1 Å². The van der Waals surface area contributed by atoms with Crippen LogP contribution in [0.4, 0.5) is 0 Å². The Balaban J connectivity index is 0.00000242. The molecule has 0 aromatic heterocycles. The zero-order valence-electron chi connectivity index (χ0n) is 12.8. The number of halogens is 2. The molecule has 1 saturated carbocycles. The van der Waals surface area contributed by atoms with Crippen molar-refractivity contribution in [2.45, 2.75) is 44.8 Å². The summed E-state index contributed by atoms with van der Waals surface area (Å²) in [7, 11) is 0. The fraction of sp³-hybridized carbons (Fsp3) is 0.562. The van der Waals surface area contributed by atoms with E-state index in [2.05, 4.69) is 5.32 Å². The van der Waals surface area contributed by atoms with Gasteiger partial charge in [0.25, 0.3) is 0 Å². The first-order valence-electron chi connectivity index (χ1n) is 7.50. The Kier molecular flexibility index (Phi) is 8.01. The summed E-state index contributed by atoms with van der Waals surface area (Å²) in [4.78, 5) is 12.1. The van der Waals surface area contributed by atoms with E-state index in [-0.39, 0.29) is 36.4 Å². The maximum absolute atomic E-state index is 12.1. The smallest absolute Gasteiger partial charge is 0.223 e. The lowest BCUT2D eigenvalue weighted by Gasteiger charge is -2.26. The number of rotatable bonds is 5. The van der Waals surface area contributed by atoms with Crippen LogP contribution in [0.5, 0.6) is 5.75 Å². The predicted molar refractivity (Wildman–Crippen MR) is 91.7 cm³/mol. The summed E-state index contributed by atoms with van der Waals surface area (Å²) in [5.74, 6) is 0.897. The maximum atomic E-state index is 12.1. The summed E-state index contributed by atoms with van der Waals surface area (Å²) >= 11 is 5.83. The van der Waals surface area contributed by atoms with Gasteiger partial charge in [0.15, 0.2) is 0 Å². The van der Waals surface area contributed by atoms with Gasteiger partial charge in [0.1, 0.15) is 11.9 Å². The van der Waals surface area contributed by atoms with Crippen LogP contribution in [-0.4, -0.2) is 24.6 Å². The zero-order valence-corrected chi connectivity index (χ0v) is 14.3. The third kappa shape index (κ3) is 6.03. The quantitative estimate of drug-likeness (QED) is 0.860. The van der Waals surface area contributed by atoms with E-state index >= 15 is 0 Å². The van der Waals surface area contributed by atoms with Crippen LogP contribution in [0.2, 0.25) is 5.02 Å². The number of carbonyl (C=O) groups is 1. The highest BCUT2D eigenvalue weighted by molar-refractivity contribution is 6.30. The van der Waals surface area contributed by atoms with Gasteiger partial charge < -0.3 is 15.8 Å². The Morgan fingerprint density at radius 3 is 2.73 bits per heavy atom. The minimum Gasteiger partial charge on any atom is -0.489 e. The summed E-state index contributed by atoms with van der Waals surface area (Å²) < 4.78 is 5.73. The molecule has 3 unspecified atom stereocenters. The van der Waals surface area contributed by atoms with Crippen LogP contribution in [0.1, 0.15) is 32.6 Å². The van der Waals surface area contributed by atoms with Crippen LogP contribution in [0, 0.1) is 5.92 Å². The van der Waals surface area contributed by atoms with E-state index in [9.17, 15) is 4.79 Å². The molecule has 1 aliphatic rings. The average Bonchev–Trinajstić information content (AvgIpc) is 2.47. The van der Waals surface area contributed by atoms with Crippen LogP contribution < -0.4 is 15.8 Å². The summed E-state index contributed by atoms with van der Waals surface area (Å²) in [6.07, 6.45) is 3.70. The van der Waals surface area contributed by atoms with Crippen LogP contribution >= 0.6 is 24.0 Å². The van der Waals surface area contributed by atoms with Crippen LogP contribution in [0.3, 0.4) is 0 Å². The van der Waals surface area contributed by atoms with Crippen molar-refractivity contribution in [2.75, 3.05) is 6.54 Å². The normalized spacial score (nSPS) is 22.3. The number of hydrogen-bond acceptors (Lipinski definition) is 3. The number of amides is 1. The number of hydrogen-bond donors (Lipinski definition) is 2. The van der Waals surface area contributed by atoms with Gasteiger partial charge in [-0.2, -0.15) is 0 Å². The van der Waals surface area contributed by atoms with Gasteiger partial charge in [0.05, 0.1) is 6.54 Å². The highest BCUT2D eigenvalue weighted by Gasteiger charge is 2.25. The van der Waals surface area contributed by atoms with Crippen molar-refractivity contribution in [3.63, 3.8) is 0 Å². The molecule has 3 N–H and O–H groups in total. The lowest BCUT2D eigenvalue weighted by Crippen LogP contribution is -2.41. The summed E-state index contributed by atoms with van der Waals surface area (Å²) in [5.41, 5.74) is 5.92. The molecule has 3 atom stereocenters. The van der Waals surface area contributed by atoms with E-state index in [0.29, 0.717) is 11.6 Å². The number of carbonyl (C=O) groups excluding carboxylic acids is 1. The van der Waals surface area contributed by atoms with Gasteiger partial charge in [0.2, 0.25) is 5.91 Å². The van der Waals surface area contributed by atoms with Gasteiger partial charge in [-0.15, -0.1) is 12.4 Å². The Bertz CT molecular complexity index is 468. The first kappa shape index (κ1) is 19.1. The van der Waals surface area contributed by atoms with Crippen molar-refractivity contribution in [1.82, 2.24) is 5.32 Å². The van der Waals surface area contributed by atoms with Gasteiger partial charge in [-0.1, -0.05) is 18.0 Å². The molecule has 0 bridgehead atoms. The number of nitrogens with one attached hydrogen (secondary N) is 1. The molecule has 4 nitrogen and oxygen atoms in total. The molecule has 2 rings (SSSR count). The monoisotopic (exact) mass is 346 g/mol. The van der Waals surface area contributed by atoms with E-state index in [1.165, 1.54) is 0 Å². The molecule has 6 heteroatoms. The third-order valence-electron chi connectivity index (χ3n) is 3.80. The Labute approximate surface area is 143 Å². The number of ether oxygens (including phenoxy) is 1. The summed E-state index contributed by atoms with van der Waals surface area (Å²) in [5, 5.41) is 3.64. The molecule has 1 aliphatic carbocycles. The van der Waals surface area contributed by atoms with Crippen molar-refractivity contribution >= 4 is 29.9 Å². The summed E-state index contributed by atoms with van der Waals surface area (Å²) in [6.45, 7) is 2.43. The fourth-order valence-electron chi connectivity index (χ4n) is 2.64. The second kappa shape index (κ2) is 9.23. The lowest BCUT2D eigenvalue weighted by molar-refractivity contribution is -0.126. The van der Waals surface area contributed by atoms with Crippen LogP contribution in [-0.2, 0) is 4.79 Å². The molecular formula is C16H24Cl2N2O2. The van der Waals surface area contributed by atoms with Gasteiger partial charge in [-0.05, 0) is 50.5 Å². The molecule has 1 aromatic carbocycles. The summed E-state index contributed by atoms with van der Waals surface area (Å²) in [6, 6.07) is 7.37. The Morgan fingerprint density at radius 1 is 1.41 bits per heavy atom. The molecule has 0 aliphatic heterocycles. The minimum atomic E-state index is -0.0904. The van der Waals surface area contributed by atoms with Gasteiger partial charge in [0, 0.05) is 17.0 Å². The number of nitrogens with two attached hydrogens (primary N) is 1. The molecule has 0 radical (unpaired) electrons. The third-order valence-corrected chi connectivity index (χ3v) is 4.05. The standard InChI is InChI=1S/C16H23ClN2O2.ClH/c1-11(21-15-7-5-13(17)6-8-15)10-19-16(20)12-3-2-4-14(18)9-12;/h5-8,11-12,14H,2-4,9-10,18H2,1H3,(H,19,20);1H. The molecule has 124 valence electrons. The molecule has 1 amide bonds. The van der Waals surface area contributed by atoms with Crippen molar-refractivity contribution in [2.24, 2.45) is 11.7 Å². The molecule has 1 fully saturated rings. The second-order valence-electron chi connectivity index (χ2n) is 5.75. The highest BCUT2D eigenvalue weighted by Crippen LogP contribution is 2.23.